The van der Waals surface area contributed by atoms with Crippen LogP contribution >= 0.6 is 23.6 Å². The number of thiophene rings is 1. The van der Waals surface area contributed by atoms with Crippen LogP contribution in [0.4, 0.5) is 19.5 Å². The maximum absolute atomic E-state index is 13.9. The summed E-state index contributed by atoms with van der Waals surface area (Å²) in [5, 5.41) is 6.19. The third-order valence-electron chi connectivity index (χ3n) is 4.03. The molecule has 29 heavy (non-hydrogen) atoms. The van der Waals surface area contributed by atoms with Crippen molar-refractivity contribution < 1.29 is 18.3 Å². The number of carbonyl (C=O) groups excluding carboxylic acids is 1. The molecule has 150 valence electrons. The Bertz CT molecular complexity index is 1050. The van der Waals surface area contributed by atoms with Gasteiger partial charge in [0.15, 0.2) is 5.11 Å². The minimum Gasteiger partial charge on any atom is -0.462 e. The monoisotopic (exact) mass is 432 g/mol. The molecular formula is C21H18F2N2O2S2. The van der Waals surface area contributed by atoms with Gasteiger partial charge in [-0.05, 0) is 43.8 Å². The molecule has 0 bridgehead atoms. The second-order valence-corrected chi connectivity index (χ2v) is 7.66. The molecule has 0 aliphatic carbocycles. The minimum absolute atomic E-state index is 0.0261. The van der Waals surface area contributed by atoms with Gasteiger partial charge in [0.25, 0.3) is 0 Å². The summed E-state index contributed by atoms with van der Waals surface area (Å²) < 4.78 is 32.2. The number of aryl methyl sites for hydroxylation is 1. The largest absolute Gasteiger partial charge is 0.462 e. The maximum Gasteiger partial charge on any atom is 0.341 e. The predicted molar refractivity (Wildman–Crippen MR) is 117 cm³/mol. The molecule has 1 heterocycles. The van der Waals surface area contributed by atoms with Gasteiger partial charge in [-0.2, -0.15) is 0 Å². The van der Waals surface area contributed by atoms with E-state index in [9.17, 15) is 13.6 Å². The first-order chi connectivity index (χ1) is 13.9. The van der Waals surface area contributed by atoms with Crippen molar-refractivity contribution in [3.8, 4) is 11.1 Å². The highest BCUT2D eigenvalue weighted by molar-refractivity contribution is 7.80. The fourth-order valence-corrected chi connectivity index (χ4v) is 4.18. The molecule has 4 nitrogen and oxygen atoms in total. The Morgan fingerprint density at radius 1 is 1.14 bits per heavy atom. The molecule has 0 amide bonds. The summed E-state index contributed by atoms with van der Waals surface area (Å²) in [6, 6.07) is 12.6. The Morgan fingerprint density at radius 3 is 2.52 bits per heavy atom. The van der Waals surface area contributed by atoms with E-state index >= 15 is 0 Å². The van der Waals surface area contributed by atoms with E-state index in [4.69, 9.17) is 17.0 Å². The van der Waals surface area contributed by atoms with Crippen LogP contribution in [-0.4, -0.2) is 17.7 Å². The van der Waals surface area contributed by atoms with Crippen LogP contribution in [0.2, 0.25) is 0 Å². The van der Waals surface area contributed by atoms with Crippen LogP contribution in [0.3, 0.4) is 0 Å². The zero-order valence-electron chi connectivity index (χ0n) is 15.7. The zero-order chi connectivity index (χ0) is 21.0. The molecule has 8 heteroatoms. The van der Waals surface area contributed by atoms with Crippen molar-refractivity contribution >= 4 is 45.3 Å². The summed E-state index contributed by atoms with van der Waals surface area (Å²) in [6.45, 7) is 3.86. The summed E-state index contributed by atoms with van der Waals surface area (Å²) >= 11 is 6.60. The topological polar surface area (TPSA) is 50.4 Å². The number of ether oxygens (including phenoxy) is 1. The average molecular weight is 433 g/mol. The first-order valence-corrected chi connectivity index (χ1v) is 10.0. The molecule has 2 aromatic carbocycles. The molecule has 0 aliphatic rings. The van der Waals surface area contributed by atoms with Crippen molar-refractivity contribution in [2.75, 3.05) is 17.2 Å². The molecule has 0 aliphatic heterocycles. The minimum atomic E-state index is -0.771. The molecule has 1 aromatic heterocycles. The van der Waals surface area contributed by atoms with Gasteiger partial charge in [-0.25, -0.2) is 13.6 Å². The van der Waals surface area contributed by atoms with Gasteiger partial charge in [-0.1, -0.05) is 30.3 Å². The number of halogens is 2. The number of carbonyl (C=O) groups is 1. The normalized spacial score (nSPS) is 10.5. The zero-order valence-corrected chi connectivity index (χ0v) is 17.3. The van der Waals surface area contributed by atoms with Gasteiger partial charge in [-0.15, -0.1) is 11.3 Å². The average Bonchev–Trinajstić information content (AvgIpc) is 3.00. The number of esters is 1. The van der Waals surface area contributed by atoms with E-state index in [0.29, 0.717) is 10.6 Å². The van der Waals surface area contributed by atoms with Crippen molar-refractivity contribution in [3.63, 3.8) is 0 Å². The Morgan fingerprint density at radius 2 is 1.86 bits per heavy atom. The highest BCUT2D eigenvalue weighted by Gasteiger charge is 2.25. The van der Waals surface area contributed by atoms with E-state index in [-0.39, 0.29) is 17.4 Å². The van der Waals surface area contributed by atoms with E-state index < -0.39 is 17.6 Å². The number of hydrogen-bond acceptors (Lipinski definition) is 4. The lowest BCUT2D eigenvalue weighted by molar-refractivity contribution is 0.0529. The number of nitrogens with one attached hydrogen (secondary N) is 2. The summed E-state index contributed by atoms with van der Waals surface area (Å²) in [5.74, 6) is -1.93. The molecule has 0 spiro atoms. The summed E-state index contributed by atoms with van der Waals surface area (Å²) in [5.41, 5.74) is 2.02. The SMILES string of the molecule is CCOC(=O)c1c(NC(=S)Nc2ccc(F)cc2F)sc(C)c1-c1ccccc1. The third-order valence-corrected chi connectivity index (χ3v) is 5.26. The number of benzene rings is 2. The van der Waals surface area contributed by atoms with Gasteiger partial charge in [0, 0.05) is 16.5 Å². The smallest absolute Gasteiger partial charge is 0.341 e. The second kappa shape index (κ2) is 9.11. The Hall–Kier alpha value is -2.84. The van der Waals surface area contributed by atoms with Crippen LogP contribution in [0.5, 0.6) is 0 Å². The standard InChI is InChI=1S/C21H18F2N2O2S2/c1-3-27-20(26)18-17(13-7-5-4-6-8-13)12(2)29-19(18)25-21(28)24-16-10-9-14(22)11-15(16)23/h4-11H,3H2,1-2H3,(H2,24,25,28). The lowest BCUT2D eigenvalue weighted by Gasteiger charge is -2.12. The molecule has 0 fully saturated rings. The summed E-state index contributed by atoms with van der Waals surface area (Å²) in [7, 11) is 0. The number of thiocarbonyl (C=S) groups is 1. The summed E-state index contributed by atoms with van der Waals surface area (Å²) in [6.07, 6.45) is 0. The molecule has 0 saturated carbocycles. The van der Waals surface area contributed by atoms with E-state index in [1.165, 1.54) is 17.4 Å². The van der Waals surface area contributed by atoms with Gasteiger partial charge < -0.3 is 15.4 Å². The molecule has 3 rings (SSSR count). The van der Waals surface area contributed by atoms with E-state index in [2.05, 4.69) is 10.6 Å². The van der Waals surface area contributed by atoms with Gasteiger partial charge in [-0.3, -0.25) is 0 Å². The lowest BCUT2D eigenvalue weighted by Crippen LogP contribution is -2.21. The second-order valence-electron chi connectivity index (χ2n) is 6.03. The van der Waals surface area contributed by atoms with Crippen molar-refractivity contribution in [1.29, 1.82) is 0 Å². The molecule has 0 atom stereocenters. The van der Waals surface area contributed by atoms with Crippen LogP contribution in [-0.2, 0) is 4.74 Å². The van der Waals surface area contributed by atoms with Gasteiger partial charge in [0.2, 0.25) is 0 Å². The van der Waals surface area contributed by atoms with E-state index in [1.807, 2.05) is 37.3 Å². The van der Waals surface area contributed by atoms with E-state index in [1.54, 1.807) is 6.92 Å². The van der Waals surface area contributed by atoms with Gasteiger partial charge in [0.1, 0.15) is 22.2 Å². The van der Waals surface area contributed by atoms with Crippen LogP contribution in [0.1, 0.15) is 22.2 Å². The maximum atomic E-state index is 13.9. The number of anilines is 2. The van der Waals surface area contributed by atoms with Gasteiger partial charge in [0.05, 0.1) is 12.3 Å². The van der Waals surface area contributed by atoms with Crippen molar-refractivity contribution in [2.24, 2.45) is 0 Å². The quantitative estimate of drug-likeness (QED) is 0.383. The van der Waals surface area contributed by atoms with Crippen molar-refractivity contribution in [3.05, 3.63) is 70.6 Å². The molecule has 0 unspecified atom stereocenters. The number of hydrogen-bond donors (Lipinski definition) is 2. The van der Waals surface area contributed by atoms with Crippen molar-refractivity contribution in [1.82, 2.24) is 0 Å². The lowest BCUT2D eigenvalue weighted by atomic mass is 10.0. The van der Waals surface area contributed by atoms with Gasteiger partial charge >= 0.3 is 5.97 Å². The molecular weight excluding hydrogens is 414 g/mol. The Balaban J connectivity index is 1.94. The molecule has 2 N–H and O–H groups in total. The molecule has 3 aromatic rings. The predicted octanol–water partition coefficient (Wildman–Crippen LogP) is 5.99. The summed E-state index contributed by atoms with van der Waals surface area (Å²) in [4.78, 5) is 13.6. The van der Waals surface area contributed by atoms with Crippen LogP contribution in [0.25, 0.3) is 11.1 Å². The van der Waals surface area contributed by atoms with Crippen molar-refractivity contribution in [2.45, 2.75) is 13.8 Å². The fraction of sp³-hybridized carbons (Fsp3) is 0.143. The highest BCUT2D eigenvalue weighted by atomic mass is 32.1. The first kappa shape index (κ1) is 20.9. The first-order valence-electron chi connectivity index (χ1n) is 8.79. The Labute approximate surface area is 176 Å². The third kappa shape index (κ3) is 4.78. The molecule has 0 radical (unpaired) electrons. The number of rotatable bonds is 5. The highest BCUT2D eigenvalue weighted by Crippen LogP contribution is 2.40. The van der Waals surface area contributed by atoms with E-state index in [0.717, 1.165) is 28.1 Å². The fourth-order valence-electron chi connectivity index (χ4n) is 2.83. The van der Waals surface area contributed by atoms with Crippen LogP contribution in [0, 0.1) is 18.6 Å². The van der Waals surface area contributed by atoms with Crippen LogP contribution in [0.15, 0.2) is 48.5 Å². The molecule has 0 saturated heterocycles. The van der Waals surface area contributed by atoms with Crippen LogP contribution < -0.4 is 10.6 Å². The Kier molecular flexibility index (Phi) is 6.56.